The lowest BCUT2D eigenvalue weighted by atomic mass is 10.1. The average molecular weight is 498 g/mol. The quantitative estimate of drug-likeness (QED) is 0.589. The molecule has 3 aliphatic rings. The Morgan fingerprint density at radius 3 is 2.51 bits per heavy atom. The number of anilines is 1. The summed E-state index contributed by atoms with van der Waals surface area (Å²) in [7, 11) is 0. The molecule has 1 saturated heterocycles. The fourth-order valence-electron chi connectivity index (χ4n) is 4.71. The molecule has 4 heterocycles. The number of ether oxygens (including phenoxy) is 2. The molecule has 1 aromatic heterocycles. The predicted octanol–water partition coefficient (Wildman–Crippen LogP) is 2.39. The lowest BCUT2D eigenvalue weighted by Crippen LogP contribution is -2.54. The number of carbonyl (C=O) groups excluding carboxylic acids is 1. The van der Waals surface area contributed by atoms with Crippen LogP contribution in [-0.2, 0) is 10.7 Å². The number of benzene rings is 2. The third kappa shape index (κ3) is 3.49. The van der Waals surface area contributed by atoms with Gasteiger partial charge in [0.1, 0.15) is 18.0 Å². The first-order valence-electron chi connectivity index (χ1n) is 11.1. The van der Waals surface area contributed by atoms with Gasteiger partial charge in [0.05, 0.1) is 22.1 Å². The van der Waals surface area contributed by atoms with Crippen molar-refractivity contribution in [3.63, 3.8) is 0 Å². The fraction of sp³-hybridized carbons (Fsp3) is 0.292. The highest BCUT2D eigenvalue weighted by molar-refractivity contribution is 7.99. The molecule has 0 saturated carbocycles. The number of carboxylic acids is 1. The number of hydrogen-bond acceptors (Lipinski definition) is 7. The van der Waals surface area contributed by atoms with Gasteiger partial charge in [0.25, 0.3) is 5.91 Å². The monoisotopic (exact) mass is 497 g/mol. The van der Waals surface area contributed by atoms with Crippen LogP contribution in [0.5, 0.6) is 11.5 Å². The molecular formula is C24H20FN3O6S. The van der Waals surface area contributed by atoms with Crippen molar-refractivity contribution in [2.75, 3.05) is 37.7 Å². The van der Waals surface area contributed by atoms with Gasteiger partial charge in [-0.05, 0) is 24.3 Å². The Morgan fingerprint density at radius 1 is 1.09 bits per heavy atom. The molecule has 2 aromatic carbocycles. The number of aromatic carboxylic acids is 1. The predicted molar refractivity (Wildman–Crippen MR) is 126 cm³/mol. The van der Waals surface area contributed by atoms with Crippen molar-refractivity contribution in [2.45, 2.75) is 17.0 Å². The van der Waals surface area contributed by atoms with Gasteiger partial charge in [0.15, 0.2) is 11.5 Å². The van der Waals surface area contributed by atoms with Crippen LogP contribution in [0.3, 0.4) is 0 Å². The highest BCUT2D eigenvalue weighted by Crippen LogP contribution is 2.38. The van der Waals surface area contributed by atoms with E-state index >= 15 is 4.39 Å². The summed E-state index contributed by atoms with van der Waals surface area (Å²) in [6.07, 6.45) is -0.736. The number of halogens is 1. The standard InChI is InChI=1S/C24H20FN3O6S/c25-14-9-13-15(28-12-35-23(28)20(21(13)29)24(31)32)10-16(14)26-5-7-27(8-6-26)22(30)19-11-33-17-3-1-2-4-18(17)34-19/h1-4,9-10,19H,5-8,11-12H2,(H,31,32). The summed E-state index contributed by atoms with van der Waals surface area (Å²) >= 11 is 1.28. The molecule has 3 aliphatic heterocycles. The highest BCUT2D eigenvalue weighted by atomic mass is 32.2. The first kappa shape index (κ1) is 21.8. The van der Waals surface area contributed by atoms with E-state index in [4.69, 9.17) is 9.47 Å². The molecule has 0 radical (unpaired) electrons. The lowest BCUT2D eigenvalue weighted by Gasteiger charge is -2.38. The van der Waals surface area contributed by atoms with Gasteiger partial charge < -0.3 is 28.9 Å². The maximum absolute atomic E-state index is 15.1. The van der Waals surface area contributed by atoms with E-state index in [1.165, 1.54) is 11.8 Å². The van der Waals surface area contributed by atoms with Crippen molar-refractivity contribution in [1.29, 1.82) is 0 Å². The SMILES string of the molecule is O=C(O)c1c2n(c3cc(N4CCN(C(=O)C5COc6ccccc6O5)CC4)c(F)cc3c1=O)CS2. The molecule has 1 fully saturated rings. The third-order valence-electron chi connectivity index (χ3n) is 6.55. The second-order valence-electron chi connectivity index (χ2n) is 8.51. The normalized spacial score (nSPS) is 18.7. The molecule has 1 amide bonds. The van der Waals surface area contributed by atoms with Crippen molar-refractivity contribution in [1.82, 2.24) is 9.47 Å². The zero-order valence-electron chi connectivity index (χ0n) is 18.4. The van der Waals surface area contributed by atoms with Crippen LogP contribution in [0, 0.1) is 5.82 Å². The summed E-state index contributed by atoms with van der Waals surface area (Å²) in [5, 5.41) is 9.87. The Morgan fingerprint density at radius 2 is 1.83 bits per heavy atom. The topological polar surface area (TPSA) is 101 Å². The van der Waals surface area contributed by atoms with E-state index in [0.717, 1.165) is 6.07 Å². The molecule has 0 spiro atoms. The van der Waals surface area contributed by atoms with Crippen LogP contribution >= 0.6 is 11.8 Å². The number of amides is 1. The van der Waals surface area contributed by atoms with Crippen LogP contribution in [0.25, 0.3) is 10.9 Å². The first-order valence-corrected chi connectivity index (χ1v) is 12.1. The number of rotatable bonds is 3. The molecule has 1 N–H and O–H groups in total. The van der Waals surface area contributed by atoms with Crippen molar-refractivity contribution in [2.24, 2.45) is 0 Å². The second-order valence-corrected chi connectivity index (χ2v) is 9.45. The molecule has 1 unspecified atom stereocenters. The molecule has 1 atom stereocenters. The smallest absolute Gasteiger partial charge is 0.342 e. The Balaban J connectivity index is 1.21. The maximum atomic E-state index is 15.1. The van der Waals surface area contributed by atoms with E-state index in [9.17, 15) is 19.5 Å². The van der Waals surface area contributed by atoms with E-state index in [0.29, 0.717) is 59.8 Å². The lowest BCUT2D eigenvalue weighted by molar-refractivity contribution is -0.141. The van der Waals surface area contributed by atoms with Crippen LogP contribution in [0.15, 0.2) is 46.2 Å². The number of pyridine rings is 1. The molecule has 3 aromatic rings. The maximum Gasteiger partial charge on any atom is 0.342 e. The summed E-state index contributed by atoms with van der Waals surface area (Å²) in [5.41, 5.74) is -0.160. The van der Waals surface area contributed by atoms with Gasteiger partial charge in [-0.25, -0.2) is 9.18 Å². The van der Waals surface area contributed by atoms with E-state index in [1.807, 2.05) is 17.0 Å². The van der Waals surface area contributed by atoms with Gasteiger partial charge in [0, 0.05) is 31.6 Å². The van der Waals surface area contributed by atoms with Crippen molar-refractivity contribution in [3.05, 3.63) is 58.0 Å². The number of nitrogens with zero attached hydrogens (tertiary/aromatic N) is 3. The fourth-order valence-corrected chi connectivity index (χ4v) is 5.66. The molecule has 9 nitrogen and oxygen atoms in total. The third-order valence-corrected chi connectivity index (χ3v) is 7.63. The van der Waals surface area contributed by atoms with Gasteiger partial charge in [-0.15, -0.1) is 0 Å². The van der Waals surface area contributed by atoms with Gasteiger partial charge in [-0.1, -0.05) is 23.9 Å². The Labute approximate surface area is 202 Å². The summed E-state index contributed by atoms with van der Waals surface area (Å²) < 4.78 is 28.3. The Kier molecular flexibility index (Phi) is 5.10. The zero-order chi connectivity index (χ0) is 24.3. The second kappa shape index (κ2) is 8.19. The number of carboxylic acid groups (broad SMARTS) is 1. The molecule has 0 aliphatic carbocycles. The Bertz CT molecular complexity index is 1450. The molecule has 0 bridgehead atoms. The van der Waals surface area contributed by atoms with Crippen LogP contribution in [0.2, 0.25) is 0 Å². The van der Waals surface area contributed by atoms with Crippen molar-refractivity contribution < 1.29 is 28.6 Å². The summed E-state index contributed by atoms with van der Waals surface area (Å²) in [6.45, 7) is 1.69. The molecule has 35 heavy (non-hydrogen) atoms. The minimum atomic E-state index is -1.31. The average Bonchev–Trinajstić information content (AvgIpc) is 2.85. The summed E-state index contributed by atoms with van der Waals surface area (Å²) in [6, 6.07) is 9.92. The summed E-state index contributed by atoms with van der Waals surface area (Å²) in [4.78, 5) is 40.8. The number of piperazine rings is 1. The van der Waals surface area contributed by atoms with Gasteiger partial charge >= 0.3 is 5.97 Å². The first-order chi connectivity index (χ1) is 16.9. The summed E-state index contributed by atoms with van der Waals surface area (Å²) in [5.74, 6) is -0.453. The van der Waals surface area contributed by atoms with Crippen LogP contribution in [-0.4, -0.2) is 65.3 Å². The van der Waals surface area contributed by atoms with Crippen LogP contribution < -0.4 is 19.8 Å². The molecule has 180 valence electrons. The van der Waals surface area contributed by atoms with Gasteiger partial charge in [-0.2, -0.15) is 0 Å². The number of aromatic nitrogens is 1. The van der Waals surface area contributed by atoms with Crippen LogP contribution in [0.1, 0.15) is 10.4 Å². The van der Waals surface area contributed by atoms with Gasteiger partial charge in [-0.3, -0.25) is 9.59 Å². The molecular weight excluding hydrogens is 477 g/mol. The minimum absolute atomic E-state index is 0.0521. The van der Waals surface area contributed by atoms with E-state index in [1.54, 1.807) is 27.7 Å². The van der Waals surface area contributed by atoms with E-state index in [-0.39, 0.29) is 23.5 Å². The highest BCUT2D eigenvalue weighted by Gasteiger charge is 2.34. The number of hydrogen-bond donors (Lipinski definition) is 1. The number of thioether (sulfide) groups is 1. The van der Waals surface area contributed by atoms with Crippen molar-refractivity contribution >= 4 is 40.2 Å². The molecule has 6 rings (SSSR count). The van der Waals surface area contributed by atoms with Crippen LogP contribution in [0.4, 0.5) is 10.1 Å². The zero-order valence-corrected chi connectivity index (χ0v) is 19.2. The number of carbonyl (C=O) groups is 2. The van der Waals surface area contributed by atoms with E-state index in [2.05, 4.69) is 0 Å². The van der Waals surface area contributed by atoms with Gasteiger partial charge in [0.2, 0.25) is 11.5 Å². The van der Waals surface area contributed by atoms with E-state index < -0.39 is 23.3 Å². The number of fused-ring (bicyclic) bond motifs is 4. The number of para-hydroxylation sites is 2. The Hall–Kier alpha value is -3.73. The largest absolute Gasteiger partial charge is 0.485 e. The molecule has 11 heteroatoms. The van der Waals surface area contributed by atoms with Crippen molar-refractivity contribution in [3.8, 4) is 11.5 Å². The minimum Gasteiger partial charge on any atom is -0.485 e.